The highest BCUT2D eigenvalue weighted by Gasteiger charge is 2.35. The number of nitrogens with zero attached hydrogens (tertiary/aromatic N) is 2. The average Bonchev–Trinajstić information content (AvgIpc) is 3.36. The third-order valence-corrected chi connectivity index (χ3v) is 9.07. The van der Waals surface area contributed by atoms with Crippen LogP contribution < -0.4 is 4.74 Å². The van der Waals surface area contributed by atoms with Crippen molar-refractivity contribution in [3.05, 3.63) is 53.0 Å². The van der Waals surface area contributed by atoms with Gasteiger partial charge in [0.25, 0.3) is 0 Å². The van der Waals surface area contributed by atoms with Crippen LogP contribution in [0.4, 0.5) is 4.39 Å². The molecule has 0 amide bonds. The van der Waals surface area contributed by atoms with E-state index in [0.717, 1.165) is 54.7 Å². The SMILES string of the molecule is COc1ccc2ncc(C)c([C@@H](F)CCC3(CO)CCN(CCSc4cccs4)CC3)c2c1. The molecule has 0 radical (unpaired) electrons. The van der Waals surface area contributed by atoms with Gasteiger partial charge >= 0.3 is 0 Å². The van der Waals surface area contributed by atoms with Crippen molar-refractivity contribution in [3.8, 4) is 5.75 Å². The molecule has 3 aromatic rings. The van der Waals surface area contributed by atoms with E-state index in [2.05, 4.69) is 27.4 Å². The summed E-state index contributed by atoms with van der Waals surface area (Å²) in [6.45, 7) is 5.04. The molecule has 3 heterocycles. The Balaban J connectivity index is 1.35. The summed E-state index contributed by atoms with van der Waals surface area (Å²) in [7, 11) is 1.62. The lowest BCUT2D eigenvalue weighted by molar-refractivity contribution is 0.0323. The summed E-state index contributed by atoms with van der Waals surface area (Å²) in [6, 6.07) is 9.88. The Morgan fingerprint density at radius 3 is 2.82 bits per heavy atom. The van der Waals surface area contributed by atoms with Crippen LogP contribution in [0.1, 0.15) is 43.0 Å². The topological polar surface area (TPSA) is 45.6 Å². The van der Waals surface area contributed by atoms with Gasteiger partial charge in [-0.3, -0.25) is 4.98 Å². The van der Waals surface area contributed by atoms with E-state index in [9.17, 15) is 5.11 Å². The van der Waals surface area contributed by atoms with Crippen LogP contribution in [0.15, 0.2) is 46.1 Å². The Morgan fingerprint density at radius 1 is 1.30 bits per heavy atom. The van der Waals surface area contributed by atoms with E-state index in [-0.39, 0.29) is 12.0 Å². The molecule has 0 saturated carbocycles. The minimum absolute atomic E-state index is 0.126. The van der Waals surface area contributed by atoms with Crippen LogP contribution in [0.5, 0.6) is 5.75 Å². The molecule has 1 saturated heterocycles. The predicted octanol–water partition coefficient (Wildman–Crippen LogP) is 6.27. The lowest BCUT2D eigenvalue weighted by atomic mass is 9.74. The average molecular weight is 489 g/mol. The van der Waals surface area contributed by atoms with E-state index in [1.54, 1.807) is 24.6 Å². The Hall–Kier alpha value is -1.67. The fraction of sp³-hybridized carbons (Fsp3) is 0.500. The second-order valence-corrected chi connectivity index (χ2v) is 11.4. The van der Waals surface area contributed by atoms with Gasteiger partial charge in [-0.1, -0.05) is 6.07 Å². The molecule has 0 spiro atoms. The van der Waals surface area contributed by atoms with Crippen LogP contribution in [0, 0.1) is 12.3 Å². The quantitative estimate of drug-likeness (QED) is 0.341. The fourth-order valence-electron chi connectivity index (χ4n) is 4.77. The van der Waals surface area contributed by atoms with E-state index in [1.165, 1.54) is 4.21 Å². The third kappa shape index (κ3) is 5.88. The van der Waals surface area contributed by atoms with Gasteiger partial charge in [0.1, 0.15) is 11.9 Å². The number of pyridine rings is 1. The maximum absolute atomic E-state index is 15.6. The highest BCUT2D eigenvalue weighted by molar-refractivity contribution is 8.01. The summed E-state index contributed by atoms with van der Waals surface area (Å²) in [5.41, 5.74) is 2.16. The third-order valence-electron chi connectivity index (χ3n) is 6.96. The molecular weight excluding hydrogens is 455 g/mol. The number of fused-ring (bicyclic) bond motifs is 1. The van der Waals surface area contributed by atoms with Crippen molar-refractivity contribution in [1.82, 2.24) is 9.88 Å². The number of ether oxygens (including phenoxy) is 1. The zero-order valence-electron chi connectivity index (χ0n) is 19.4. The lowest BCUT2D eigenvalue weighted by Gasteiger charge is -2.41. The molecular formula is C26H33FN2O2S2. The van der Waals surface area contributed by atoms with Crippen molar-refractivity contribution in [2.24, 2.45) is 5.41 Å². The van der Waals surface area contributed by atoms with Gasteiger partial charge < -0.3 is 14.7 Å². The van der Waals surface area contributed by atoms with Gasteiger partial charge in [-0.25, -0.2) is 4.39 Å². The number of methoxy groups -OCH3 is 1. The number of aliphatic hydroxyl groups excluding tert-OH is 1. The molecule has 1 fully saturated rings. The van der Waals surface area contributed by atoms with Crippen molar-refractivity contribution in [2.75, 3.05) is 39.1 Å². The Morgan fingerprint density at radius 2 is 2.12 bits per heavy atom. The molecule has 4 nitrogen and oxygen atoms in total. The minimum Gasteiger partial charge on any atom is -0.497 e. The number of aliphatic hydroxyl groups is 1. The number of hydrogen-bond donors (Lipinski definition) is 1. The number of rotatable bonds is 10. The van der Waals surface area contributed by atoms with Crippen LogP contribution in [-0.2, 0) is 0 Å². The smallest absolute Gasteiger partial charge is 0.126 e. The molecule has 2 aromatic heterocycles. The van der Waals surface area contributed by atoms with Gasteiger partial charge in [0, 0.05) is 30.5 Å². The number of benzene rings is 1. The number of alkyl halides is 1. The highest BCUT2D eigenvalue weighted by Crippen LogP contribution is 2.41. The number of thioether (sulfide) groups is 1. The second kappa shape index (κ2) is 11.2. The Kier molecular flexibility index (Phi) is 8.28. The number of thiophene rings is 1. The van der Waals surface area contributed by atoms with Crippen LogP contribution in [0.25, 0.3) is 10.9 Å². The van der Waals surface area contributed by atoms with Crippen LogP contribution in [-0.4, -0.2) is 54.1 Å². The largest absolute Gasteiger partial charge is 0.497 e. The van der Waals surface area contributed by atoms with Gasteiger partial charge in [0.05, 0.1) is 16.8 Å². The fourth-order valence-corrected chi connectivity index (χ4v) is 6.63. The predicted molar refractivity (Wildman–Crippen MR) is 136 cm³/mol. The van der Waals surface area contributed by atoms with Gasteiger partial charge in [0.15, 0.2) is 0 Å². The standard InChI is InChI=1S/C26H33FN2O2S2/c1-19-17-28-23-6-5-20(31-2)16-21(23)25(19)22(27)7-8-26(18-30)9-11-29(12-10-26)13-15-33-24-4-3-14-32-24/h3-6,14,16-17,22,30H,7-13,15,18H2,1-2H3/t22-/m0/s1. The molecule has 1 aromatic carbocycles. The Labute approximate surface area is 204 Å². The van der Waals surface area contributed by atoms with Gasteiger partial charge in [-0.15, -0.1) is 23.1 Å². The van der Waals surface area contributed by atoms with Crippen molar-refractivity contribution in [3.63, 3.8) is 0 Å². The monoisotopic (exact) mass is 488 g/mol. The molecule has 0 bridgehead atoms. The van der Waals surface area contributed by atoms with Crippen molar-refractivity contribution >= 4 is 34.0 Å². The van der Waals surface area contributed by atoms with E-state index >= 15 is 4.39 Å². The molecule has 4 rings (SSSR count). The summed E-state index contributed by atoms with van der Waals surface area (Å²) in [6.07, 6.45) is 3.60. The molecule has 1 atom stereocenters. The van der Waals surface area contributed by atoms with E-state index in [4.69, 9.17) is 4.74 Å². The summed E-state index contributed by atoms with van der Waals surface area (Å²) >= 11 is 3.70. The number of aryl methyl sites for hydroxylation is 1. The van der Waals surface area contributed by atoms with Crippen molar-refractivity contribution in [2.45, 2.75) is 43.0 Å². The highest BCUT2D eigenvalue weighted by atomic mass is 32.2. The molecule has 33 heavy (non-hydrogen) atoms. The maximum Gasteiger partial charge on any atom is 0.126 e. The van der Waals surface area contributed by atoms with Gasteiger partial charge in [-0.2, -0.15) is 0 Å². The first-order valence-corrected chi connectivity index (χ1v) is 13.5. The van der Waals surface area contributed by atoms with Crippen molar-refractivity contribution in [1.29, 1.82) is 0 Å². The first kappa shape index (κ1) is 24.5. The van der Waals surface area contributed by atoms with Crippen LogP contribution >= 0.6 is 23.1 Å². The summed E-state index contributed by atoms with van der Waals surface area (Å²) in [4.78, 5) is 6.94. The normalized spacial score (nSPS) is 17.3. The maximum atomic E-state index is 15.6. The van der Waals surface area contributed by atoms with Crippen LogP contribution in [0.3, 0.4) is 0 Å². The second-order valence-electron chi connectivity index (χ2n) is 9.02. The minimum atomic E-state index is -1.09. The van der Waals surface area contributed by atoms with Crippen LogP contribution in [0.2, 0.25) is 0 Å². The Bertz CT molecular complexity index is 1040. The first-order valence-electron chi connectivity index (χ1n) is 11.6. The van der Waals surface area contributed by atoms with E-state index in [0.29, 0.717) is 24.2 Å². The summed E-state index contributed by atoms with van der Waals surface area (Å²) < 4.78 is 22.4. The van der Waals surface area contributed by atoms with Crippen molar-refractivity contribution < 1.29 is 14.2 Å². The number of halogens is 1. The van der Waals surface area contributed by atoms with Gasteiger partial charge in [-0.05, 0) is 91.9 Å². The lowest BCUT2D eigenvalue weighted by Crippen LogP contribution is -2.42. The van der Waals surface area contributed by atoms with E-state index < -0.39 is 6.17 Å². The van der Waals surface area contributed by atoms with Gasteiger partial charge in [0.2, 0.25) is 0 Å². The molecule has 0 aliphatic carbocycles. The molecule has 178 valence electrons. The summed E-state index contributed by atoms with van der Waals surface area (Å²) in [5, 5.41) is 13.2. The number of aromatic nitrogens is 1. The molecule has 7 heteroatoms. The molecule has 1 aliphatic rings. The molecule has 0 unspecified atom stereocenters. The first-order chi connectivity index (χ1) is 16.0. The number of likely N-dealkylation sites (tertiary alicyclic amines) is 1. The zero-order chi connectivity index (χ0) is 23.3. The van der Waals surface area contributed by atoms with E-state index in [1.807, 2.05) is 36.9 Å². The number of hydrogen-bond acceptors (Lipinski definition) is 6. The molecule has 1 aliphatic heterocycles. The number of piperidine rings is 1. The summed E-state index contributed by atoms with van der Waals surface area (Å²) in [5.74, 6) is 1.79. The molecule has 1 N–H and O–H groups in total. The zero-order valence-corrected chi connectivity index (χ0v) is 21.1.